The molecule has 7 nitrogen and oxygen atoms in total. The minimum Gasteiger partial charge on any atom is -0.466 e. The number of aromatic nitrogens is 2. The van der Waals surface area contributed by atoms with Gasteiger partial charge in [0, 0.05) is 38.2 Å². The molecular weight excluding hydrogens is 442 g/mol. The summed E-state index contributed by atoms with van der Waals surface area (Å²) in [5.41, 5.74) is 1.72. The maximum Gasteiger partial charge on any atom is 0.310 e. The summed E-state index contributed by atoms with van der Waals surface area (Å²) < 4.78 is 13.2. The summed E-state index contributed by atoms with van der Waals surface area (Å²) in [7, 11) is 0. The maximum atomic E-state index is 13.2. The van der Waals surface area contributed by atoms with E-state index >= 15 is 0 Å². The van der Waals surface area contributed by atoms with Gasteiger partial charge in [-0.3, -0.25) is 9.59 Å². The second-order valence-corrected chi connectivity index (χ2v) is 9.26. The Morgan fingerprint density at radius 3 is 2.54 bits per heavy atom. The highest BCUT2D eigenvalue weighted by atomic mass is 16.5. The van der Waals surface area contributed by atoms with Gasteiger partial charge >= 0.3 is 5.97 Å². The van der Waals surface area contributed by atoms with Gasteiger partial charge in [0.25, 0.3) is 5.91 Å². The molecule has 2 aliphatic rings. The van der Waals surface area contributed by atoms with E-state index in [1.54, 1.807) is 11.8 Å². The predicted octanol–water partition coefficient (Wildman–Crippen LogP) is 4.82. The zero-order valence-electron chi connectivity index (χ0n) is 20.1. The fourth-order valence-electron chi connectivity index (χ4n) is 5.03. The lowest BCUT2D eigenvalue weighted by molar-refractivity contribution is -0.149. The van der Waals surface area contributed by atoms with Crippen molar-refractivity contribution in [2.24, 2.45) is 5.92 Å². The van der Waals surface area contributed by atoms with Crippen molar-refractivity contribution in [2.75, 3.05) is 19.7 Å². The Morgan fingerprint density at radius 2 is 1.77 bits per heavy atom. The number of hydrogen-bond donors (Lipinski definition) is 0. The number of nitrogens with zero attached hydrogens (tertiary/aromatic N) is 3. The van der Waals surface area contributed by atoms with Crippen LogP contribution in [0.2, 0.25) is 0 Å². The molecule has 1 amide bonds. The monoisotopic (exact) mass is 473 g/mol. The van der Waals surface area contributed by atoms with Crippen LogP contribution in [0.25, 0.3) is 0 Å². The van der Waals surface area contributed by atoms with Gasteiger partial charge in [-0.2, -0.15) is 0 Å². The van der Waals surface area contributed by atoms with Crippen LogP contribution in [0.15, 0.2) is 60.8 Å². The number of likely N-dealkylation sites (tertiary alicyclic amines) is 1. The number of imidazole rings is 1. The van der Waals surface area contributed by atoms with Crippen LogP contribution in [0.5, 0.6) is 11.5 Å². The molecule has 0 saturated carbocycles. The summed E-state index contributed by atoms with van der Waals surface area (Å²) in [4.78, 5) is 31.7. The van der Waals surface area contributed by atoms with Crippen molar-refractivity contribution in [1.29, 1.82) is 0 Å². The lowest BCUT2D eigenvalue weighted by atomic mass is 9.91. The van der Waals surface area contributed by atoms with E-state index in [-0.39, 0.29) is 17.8 Å². The van der Waals surface area contributed by atoms with Crippen LogP contribution in [0.1, 0.15) is 54.0 Å². The first-order chi connectivity index (χ1) is 17.1. The fourth-order valence-corrected chi connectivity index (χ4v) is 5.03. The number of benzene rings is 2. The lowest BCUT2D eigenvalue weighted by Crippen LogP contribution is -2.43. The van der Waals surface area contributed by atoms with Crippen molar-refractivity contribution >= 4 is 11.9 Å². The molecule has 5 rings (SSSR count). The largest absolute Gasteiger partial charge is 0.466 e. The molecule has 3 heterocycles. The number of rotatable bonds is 6. The van der Waals surface area contributed by atoms with Gasteiger partial charge in [-0.25, -0.2) is 4.98 Å². The number of para-hydroxylation sites is 1. The van der Waals surface area contributed by atoms with Gasteiger partial charge in [0.15, 0.2) is 0 Å². The first kappa shape index (κ1) is 23.1. The summed E-state index contributed by atoms with van der Waals surface area (Å²) in [6, 6.07) is 18.0. The highest BCUT2D eigenvalue weighted by Gasteiger charge is 2.31. The second kappa shape index (κ2) is 10.3. The first-order valence-corrected chi connectivity index (χ1v) is 12.5. The van der Waals surface area contributed by atoms with Crippen LogP contribution in [0.4, 0.5) is 0 Å². The standard InChI is InChI=1S/C28H31N3O4/c1-2-34-28(33)22-7-6-16-30(18-22)27(32)25-19-31-17-21(12-15-26(31)29-25)20-10-13-24(14-11-20)35-23-8-4-3-5-9-23/h3-5,8-11,13-14,19,21-22H,2,6-7,12,15-18H2,1H3/t21-,22+/m1/s1. The van der Waals surface area contributed by atoms with Crippen molar-refractivity contribution in [2.45, 2.75) is 45.1 Å². The van der Waals surface area contributed by atoms with E-state index in [2.05, 4.69) is 21.7 Å². The van der Waals surface area contributed by atoms with E-state index in [9.17, 15) is 9.59 Å². The number of hydrogen-bond acceptors (Lipinski definition) is 5. The Kier molecular flexibility index (Phi) is 6.84. The Bertz CT molecular complexity index is 1170. The van der Waals surface area contributed by atoms with Crippen LogP contribution in [-0.4, -0.2) is 46.0 Å². The number of amides is 1. The Labute approximate surface area is 205 Å². The van der Waals surface area contributed by atoms with Crippen molar-refractivity contribution in [3.63, 3.8) is 0 Å². The zero-order valence-corrected chi connectivity index (χ0v) is 20.1. The van der Waals surface area contributed by atoms with Gasteiger partial charge in [-0.05, 0) is 56.0 Å². The number of carbonyl (C=O) groups excluding carboxylic acids is 2. The van der Waals surface area contributed by atoms with Crippen LogP contribution >= 0.6 is 0 Å². The average Bonchev–Trinajstić information content (AvgIpc) is 3.33. The van der Waals surface area contributed by atoms with Crippen molar-refractivity contribution in [1.82, 2.24) is 14.5 Å². The number of aryl methyl sites for hydroxylation is 1. The van der Waals surface area contributed by atoms with Crippen LogP contribution in [-0.2, 0) is 22.5 Å². The number of piperidine rings is 1. The van der Waals surface area contributed by atoms with Crippen LogP contribution in [0.3, 0.4) is 0 Å². The molecule has 2 aromatic carbocycles. The molecular formula is C28H31N3O4. The number of carbonyl (C=O) groups is 2. The number of ether oxygens (including phenoxy) is 2. The molecule has 0 spiro atoms. The smallest absolute Gasteiger partial charge is 0.310 e. The van der Waals surface area contributed by atoms with Gasteiger partial charge in [0.1, 0.15) is 23.0 Å². The van der Waals surface area contributed by atoms with Gasteiger partial charge < -0.3 is 18.9 Å². The Hall–Kier alpha value is -3.61. The van der Waals surface area contributed by atoms with Crippen LogP contribution in [0, 0.1) is 5.92 Å². The molecule has 0 aliphatic carbocycles. The van der Waals surface area contributed by atoms with E-state index in [0.717, 1.165) is 49.6 Å². The van der Waals surface area contributed by atoms with Crippen molar-refractivity contribution < 1.29 is 19.1 Å². The molecule has 1 fully saturated rings. The third kappa shape index (κ3) is 5.24. The molecule has 0 radical (unpaired) electrons. The molecule has 0 unspecified atom stereocenters. The summed E-state index contributed by atoms with van der Waals surface area (Å²) >= 11 is 0. The molecule has 7 heteroatoms. The molecule has 0 N–H and O–H groups in total. The molecule has 3 aromatic rings. The van der Waals surface area contributed by atoms with E-state index in [0.29, 0.717) is 31.3 Å². The quantitative estimate of drug-likeness (QED) is 0.480. The van der Waals surface area contributed by atoms with E-state index in [1.807, 2.05) is 48.7 Å². The normalized spacial score (nSPS) is 19.6. The highest BCUT2D eigenvalue weighted by Crippen LogP contribution is 2.31. The van der Waals surface area contributed by atoms with Gasteiger partial charge in [-0.1, -0.05) is 30.3 Å². The minimum absolute atomic E-state index is 0.0973. The third-order valence-corrected chi connectivity index (χ3v) is 6.87. The first-order valence-electron chi connectivity index (χ1n) is 12.5. The third-order valence-electron chi connectivity index (χ3n) is 6.87. The maximum absolute atomic E-state index is 13.2. The fraction of sp³-hybridized carbons (Fsp3) is 0.393. The highest BCUT2D eigenvalue weighted by molar-refractivity contribution is 5.92. The van der Waals surface area contributed by atoms with E-state index in [1.165, 1.54) is 5.56 Å². The summed E-state index contributed by atoms with van der Waals surface area (Å²) in [5.74, 6) is 2.39. The molecule has 2 atom stereocenters. The average molecular weight is 474 g/mol. The van der Waals surface area contributed by atoms with E-state index in [4.69, 9.17) is 9.47 Å². The zero-order chi connectivity index (χ0) is 24.2. The van der Waals surface area contributed by atoms with Crippen molar-refractivity contribution in [3.05, 3.63) is 77.9 Å². The minimum atomic E-state index is -0.247. The predicted molar refractivity (Wildman–Crippen MR) is 132 cm³/mol. The molecule has 1 saturated heterocycles. The molecule has 0 bridgehead atoms. The van der Waals surface area contributed by atoms with Gasteiger partial charge in [0.05, 0.1) is 12.5 Å². The summed E-state index contributed by atoms with van der Waals surface area (Å²) in [6.45, 7) is 4.01. The lowest BCUT2D eigenvalue weighted by Gasteiger charge is -2.31. The second-order valence-electron chi connectivity index (χ2n) is 9.26. The number of fused-ring (bicyclic) bond motifs is 1. The molecule has 2 aliphatic heterocycles. The summed E-state index contributed by atoms with van der Waals surface area (Å²) in [6.07, 6.45) is 5.25. The molecule has 35 heavy (non-hydrogen) atoms. The number of esters is 1. The van der Waals surface area contributed by atoms with Crippen LogP contribution < -0.4 is 4.74 Å². The Morgan fingerprint density at radius 1 is 1.00 bits per heavy atom. The summed E-state index contributed by atoms with van der Waals surface area (Å²) in [5, 5.41) is 0. The van der Waals surface area contributed by atoms with Gasteiger partial charge in [-0.15, -0.1) is 0 Å². The molecule has 1 aromatic heterocycles. The molecule has 182 valence electrons. The topological polar surface area (TPSA) is 73.7 Å². The van der Waals surface area contributed by atoms with Gasteiger partial charge in [0.2, 0.25) is 0 Å². The Balaban J connectivity index is 1.23. The van der Waals surface area contributed by atoms with E-state index < -0.39 is 0 Å². The SMILES string of the molecule is CCOC(=O)[C@H]1CCCN(C(=O)c2cn3c(n2)CC[C@@H](c2ccc(Oc4ccccc4)cc2)C3)C1. The van der Waals surface area contributed by atoms with Crippen molar-refractivity contribution in [3.8, 4) is 11.5 Å².